The van der Waals surface area contributed by atoms with Gasteiger partial charge in [-0.25, -0.2) is 0 Å². The molecule has 6 nitrogen and oxygen atoms in total. The molecule has 1 atom stereocenters. The summed E-state index contributed by atoms with van der Waals surface area (Å²) >= 11 is 0. The molecule has 0 aromatic carbocycles. The van der Waals surface area contributed by atoms with Crippen LogP contribution in [0.4, 0.5) is 0 Å². The topological polar surface area (TPSA) is 66.6 Å². The molecule has 23 heavy (non-hydrogen) atoms. The van der Waals surface area contributed by atoms with Crippen molar-refractivity contribution in [2.75, 3.05) is 33.0 Å². The van der Waals surface area contributed by atoms with Gasteiger partial charge in [-0.05, 0) is 25.5 Å². The molecule has 6 heteroatoms. The summed E-state index contributed by atoms with van der Waals surface area (Å²) in [7, 11) is 0. The Bertz CT molecular complexity index is 522. The van der Waals surface area contributed by atoms with Crippen LogP contribution in [0.15, 0.2) is 28.4 Å². The third kappa shape index (κ3) is 5.80. The van der Waals surface area contributed by atoms with E-state index in [9.17, 15) is 0 Å². The summed E-state index contributed by atoms with van der Waals surface area (Å²) in [5, 5.41) is 8.20. The zero-order valence-corrected chi connectivity index (χ0v) is 14.2. The number of hydrogen-bond donors (Lipinski definition) is 0. The number of allylic oxidation sites excluding steroid dienone is 3. The van der Waals surface area contributed by atoms with Gasteiger partial charge in [-0.1, -0.05) is 19.9 Å². The first-order valence-electron chi connectivity index (χ1n) is 8.20. The van der Waals surface area contributed by atoms with E-state index in [-0.39, 0.29) is 11.8 Å². The molecule has 0 saturated carbocycles. The molecule has 0 spiro atoms. The molecular weight excluding hydrogens is 296 g/mol. The monoisotopic (exact) mass is 322 g/mol. The third-order valence-corrected chi connectivity index (χ3v) is 3.41. The van der Waals surface area contributed by atoms with Crippen molar-refractivity contribution in [3.63, 3.8) is 0 Å². The number of aromatic nitrogens is 2. The van der Waals surface area contributed by atoms with Crippen molar-refractivity contribution >= 4 is 0 Å². The van der Waals surface area contributed by atoms with Crippen LogP contribution in [0.3, 0.4) is 0 Å². The van der Waals surface area contributed by atoms with Crippen LogP contribution in [0, 0.1) is 0 Å². The highest BCUT2D eigenvalue weighted by molar-refractivity contribution is 5.23. The van der Waals surface area contributed by atoms with E-state index in [1.54, 1.807) is 0 Å². The van der Waals surface area contributed by atoms with Crippen LogP contribution in [-0.2, 0) is 14.2 Å². The van der Waals surface area contributed by atoms with Crippen molar-refractivity contribution in [2.45, 2.75) is 39.0 Å². The van der Waals surface area contributed by atoms with Gasteiger partial charge in [0.15, 0.2) is 0 Å². The van der Waals surface area contributed by atoms with E-state index < -0.39 is 0 Å². The van der Waals surface area contributed by atoms with Crippen molar-refractivity contribution in [1.82, 2.24) is 10.2 Å². The van der Waals surface area contributed by atoms with Crippen LogP contribution in [0.5, 0.6) is 0 Å². The zero-order chi connectivity index (χ0) is 16.5. The number of hydrogen-bond acceptors (Lipinski definition) is 6. The van der Waals surface area contributed by atoms with Gasteiger partial charge in [0.05, 0.1) is 25.7 Å². The van der Waals surface area contributed by atoms with E-state index in [2.05, 4.69) is 10.2 Å². The van der Waals surface area contributed by atoms with Crippen LogP contribution < -0.4 is 0 Å². The molecule has 0 radical (unpaired) electrons. The summed E-state index contributed by atoms with van der Waals surface area (Å²) in [5.41, 5.74) is 0. The van der Waals surface area contributed by atoms with Crippen molar-refractivity contribution in [1.29, 1.82) is 0 Å². The Hall–Kier alpha value is -1.66. The number of rotatable bonds is 10. The molecule has 128 valence electrons. The largest absolute Gasteiger partial charge is 0.492 e. The lowest BCUT2D eigenvalue weighted by Gasteiger charge is -2.14. The Kier molecular flexibility index (Phi) is 7.29. The molecule has 1 aromatic heterocycles. The predicted octanol–water partition coefficient (Wildman–Crippen LogP) is 3.19. The third-order valence-electron chi connectivity index (χ3n) is 3.41. The van der Waals surface area contributed by atoms with Crippen molar-refractivity contribution in [3.8, 4) is 0 Å². The zero-order valence-electron chi connectivity index (χ0n) is 14.2. The second kappa shape index (κ2) is 9.47. The summed E-state index contributed by atoms with van der Waals surface area (Å²) in [6.45, 7) is 9.08. The van der Waals surface area contributed by atoms with E-state index in [0.29, 0.717) is 38.2 Å². The highest BCUT2D eigenvalue weighted by atomic mass is 16.5. The van der Waals surface area contributed by atoms with E-state index in [0.717, 1.165) is 18.8 Å². The normalized spacial score (nSPS) is 17.6. The summed E-state index contributed by atoms with van der Waals surface area (Å²) in [6, 6.07) is 0. The smallest absolute Gasteiger partial charge is 0.223 e. The minimum atomic E-state index is 0.129. The summed E-state index contributed by atoms with van der Waals surface area (Å²) in [4.78, 5) is 0. The average Bonchev–Trinajstić information content (AvgIpc) is 3.05. The predicted molar refractivity (Wildman–Crippen MR) is 86.2 cm³/mol. The van der Waals surface area contributed by atoms with Gasteiger partial charge in [-0.2, -0.15) is 0 Å². The Labute approximate surface area is 137 Å². The lowest BCUT2D eigenvalue weighted by molar-refractivity contribution is 0.0315. The maximum Gasteiger partial charge on any atom is 0.223 e. The molecule has 0 fully saturated rings. The first-order valence-corrected chi connectivity index (χ1v) is 8.20. The number of ether oxygens (including phenoxy) is 3. The molecule has 1 aliphatic carbocycles. The summed E-state index contributed by atoms with van der Waals surface area (Å²) in [5.74, 6) is 2.59. The van der Waals surface area contributed by atoms with Gasteiger partial charge in [-0.3, -0.25) is 0 Å². The molecule has 1 aromatic rings. The summed E-state index contributed by atoms with van der Waals surface area (Å²) in [6.07, 6.45) is 6.84. The van der Waals surface area contributed by atoms with Gasteiger partial charge >= 0.3 is 0 Å². The van der Waals surface area contributed by atoms with Gasteiger partial charge in [0.1, 0.15) is 12.4 Å². The van der Waals surface area contributed by atoms with Crippen molar-refractivity contribution < 1.29 is 18.6 Å². The molecule has 1 heterocycles. The Balaban J connectivity index is 1.67. The molecule has 0 aliphatic heterocycles. The molecule has 0 amide bonds. The SMILES string of the molecule is CCOCCOCCOC1=CCC(c2nnc(C(C)C)o2)C=C1. The van der Waals surface area contributed by atoms with Gasteiger partial charge in [0.25, 0.3) is 0 Å². The second-order valence-electron chi connectivity index (χ2n) is 5.60. The molecule has 0 bridgehead atoms. The fourth-order valence-corrected chi connectivity index (χ4v) is 2.10. The first kappa shape index (κ1) is 17.7. The summed E-state index contributed by atoms with van der Waals surface area (Å²) < 4.78 is 21.9. The Morgan fingerprint density at radius 2 is 1.96 bits per heavy atom. The Morgan fingerprint density at radius 3 is 2.61 bits per heavy atom. The Morgan fingerprint density at radius 1 is 1.17 bits per heavy atom. The van der Waals surface area contributed by atoms with Crippen LogP contribution in [0.25, 0.3) is 0 Å². The van der Waals surface area contributed by atoms with E-state index in [4.69, 9.17) is 18.6 Å². The maximum atomic E-state index is 5.69. The first-order chi connectivity index (χ1) is 11.2. The number of nitrogens with zero attached hydrogens (tertiary/aromatic N) is 2. The van der Waals surface area contributed by atoms with Crippen LogP contribution >= 0.6 is 0 Å². The molecule has 2 rings (SSSR count). The lowest BCUT2D eigenvalue weighted by Crippen LogP contribution is -2.09. The second-order valence-corrected chi connectivity index (χ2v) is 5.60. The maximum absolute atomic E-state index is 5.69. The van der Waals surface area contributed by atoms with Gasteiger partial charge in [0.2, 0.25) is 11.8 Å². The minimum Gasteiger partial charge on any atom is -0.492 e. The molecule has 1 aliphatic rings. The quantitative estimate of drug-likeness (QED) is 0.616. The molecular formula is C17H26N2O4. The van der Waals surface area contributed by atoms with Crippen molar-refractivity contribution in [3.05, 3.63) is 35.8 Å². The van der Waals surface area contributed by atoms with E-state index in [1.807, 2.05) is 39.0 Å². The van der Waals surface area contributed by atoms with Gasteiger partial charge in [0, 0.05) is 12.5 Å². The van der Waals surface area contributed by atoms with E-state index >= 15 is 0 Å². The fourth-order valence-electron chi connectivity index (χ4n) is 2.10. The average molecular weight is 322 g/mol. The highest BCUT2D eigenvalue weighted by Crippen LogP contribution is 2.27. The van der Waals surface area contributed by atoms with Gasteiger partial charge < -0.3 is 18.6 Å². The molecule has 0 saturated heterocycles. The van der Waals surface area contributed by atoms with Crippen molar-refractivity contribution in [2.24, 2.45) is 0 Å². The van der Waals surface area contributed by atoms with Crippen LogP contribution in [0.1, 0.15) is 50.8 Å². The molecule has 0 N–H and O–H groups in total. The van der Waals surface area contributed by atoms with E-state index in [1.165, 1.54) is 0 Å². The van der Waals surface area contributed by atoms with Gasteiger partial charge in [-0.15, -0.1) is 10.2 Å². The highest BCUT2D eigenvalue weighted by Gasteiger charge is 2.19. The minimum absolute atomic E-state index is 0.129. The fraction of sp³-hybridized carbons (Fsp3) is 0.647. The standard InChI is InChI=1S/C17H26N2O4/c1-4-20-9-10-21-11-12-22-15-7-5-14(6-8-15)17-19-18-16(23-17)13(2)3/h5,7-8,13-14H,4,6,9-12H2,1-3H3. The van der Waals surface area contributed by atoms with Crippen LogP contribution in [-0.4, -0.2) is 43.2 Å². The van der Waals surface area contributed by atoms with Crippen LogP contribution in [0.2, 0.25) is 0 Å². The molecule has 1 unspecified atom stereocenters. The lowest BCUT2D eigenvalue weighted by atomic mass is 10.0.